The molecule has 94 valence electrons. The third kappa shape index (κ3) is 2.88. The summed E-state index contributed by atoms with van der Waals surface area (Å²) in [7, 11) is 1.72. The van der Waals surface area contributed by atoms with Crippen LogP contribution in [0.1, 0.15) is 19.8 Å². The van der Waals surface area contributed by atoms with Crippen LogP contribution in [0.25, 0.3) is 0 Å². The average molecular weight is 235 g/mol. The number of pyridine rings is 1. The molecule has 4 heteroatoms. The maximum Gasteiger partial charge on any atom is 0.152 e. The van der Waals surface area contributed by atoms with Crippen molar-refractivity contribution in [2.24, 2.45) is 5.92 Å². The van der Waals surface area contributed by atoms with Gasteiger partial charge in [0.15, 0.2) is 5.82 Å². The van der Waals surface area contributed by atoms with Crippen LogP contribution in [0.2, 0.25) is 0 Å². The lowest BCUT2D eigenvalue weighted by Crippen LogP contribution is -2.38. The summed E-state index contributed by atoms with van der Waals surface area (Å²) in [5.41, 5.74) is 6.75. The van der Waals surface area contributed by atoms with Gasteiger partial charge in [0.25, 0.3) is 0 Å². The zero-order valence-electron chi connectivity index (χ0n) is 10.6. The molecule has 1 saturated carbocycles. The number of rotatable bonds is 6. The van der Waals surface area contributed by atoms with E-state index in [1.54, 1.807) is 13.3 Å². The second-order valence-electron chi connectivity index (χ2n) is 4.68. The fraction of sp³-hybridized carbons (Fsp3) is 0.615. The Balaban J connectivity index is 2.16. The van der Waals surface area contributed by atoms with Crippen molar-refractivity contribution >= 4 is 11.5 Å². The van der Waals surface area contributed by atoms with E-state index in [0.29, 0.717) is 12.6 Å². The molecule has 1 heterocycles. The second-order valence-corrected chi connectivity index (χ2v) is 4.68. The van der Waals surface area contributed by atoms with Crippen LogP contribution in [-0.2, 0) is 4.74 Å². The topological polar surface area (TPSA) is 51.4 Å². The maximum absolute atomic E-state index is 6.01. The van der Waals surface area contributed by atoms with Crippen LogP contribution in [0.5, 0.6) is 0 Å². The van der Waals surface area contributed by atoms with Crippen molar-refractivity contribution in [3.63, 3.8) is 0 Å². The fourth-order valence-corrected chi connectivity index (χ4v) is 2.17. The first-order valence-electron chi connectivity index (χ1n) is 6.20. The number of ether oxygens (including phenoxy) is 1. The first-order valence-corrected chi connectivity index (χ1v) is 6.20. The highest BCUT2D eigenvalue weighted by Crippen LogP contribution is 2.37. The van der Waals surface area contributed by atoms with Crippen molar-refractivity contribution in [1.82, 2.24) is 4.98 Å². The van der Waals surface area contributed by atoms with E-state index in [1.807, 2.05) is 12.1 Å². The lowest BCUT2D eigenvalue weighted by Gasteiger charge is -2.31. The van der Waals surface area contributed by atoms with Crippen LogP contribution < -0.4 is 10.6 Å². The number of methoxy groups -OCH3 is 1. The van der Waals surface area contributed by atoms with Gasteiger partial charge in [-0.2, -0.15) is 0 Å². The molecule has 0 aliphatic heterocycles. The van der Waals surface area contributed by atoms with E-state index in [1.165, 1.54) is 12.8 Å². The van der Waals surface area contributed by atoms with Gasteiger partial charge in [-0.25, -0.2) is 4.98 Å². The number of nitrogens with zero attached hydrogens (tertiary/aromatic N) is 2. The van der Waals surface area contributed by atoms with Crippen LogP contribution in [0.15, 0.2) is 18.3 Å². The molecule has 0 spiro atoms. The van der Waals surface area contributed by atoms with Crippen LogP contribution in [0.3, 0.4) is 0 Å². The first kappa shape index (κ1) is 12.2. The Hall–Kier alpha value is -1.29. The molecule has 1 unspecified atom stereocenters. The molecule has 1 aromatic rings. The molecule has 1 aliphatic rings. The molecule has 0 saturated heterocycles. The standard InChI is InChI=1S/C13H21N3O/c1-10(11-5-6-11)16(8-9-17-2)13-12(14)4-3-7-15-13/h3-4,7,10-11H,5-6,8-9,14H2,1-2H3. The SMILES string of the molecule is COCCN(c1ncccc1N)C(C)C1CC1. The second kappa shape index (κ2) is 5.36. The fourth-order valence-electron chi connectivity index (χ4n) is 2.17. The van der Waals surface area contributed by atoms with Crippen LogP contribution in [-0.4, -0.2) is 31.3 Å². The summed E-state index contributed by atoms with van der Waals surface area (Å²) in [6.45, 7) is 3.80. The average Bonchev–Trinajstić information content (AvgIpc) is 3.15. The summed E-state index contributed by atoms with van der Waals surface area (Å²) >= 11 is 0. The van der Waals surface area contributed by atoms with E-state index in [9.17, 15) is 0 Å². The predicted octanol–water partition coefficient (Wildman–Crippen LogP) is 1.92. The number of anilines is 2. The molecule has 0 bridgehead atoms. The number of hydrogen-bond donors (Lipinski definition) is 1. The molecule has 4 nitrogen and oxygen atoms in total. The van der Waals surface area contributed by atoms with Gasteiger partial charge in [0.1, 0.15) is 0 Å². The smallest absolute Gasteiger partial charge is 0.152 e. The molecule has 0 amide bonds. The zero-order valence-corrected chi connectivity index (χ0v) is 10.6. The summed E-state index contributed by atoms with van der Waals surface area (Å²) < 4.78 is 5.17. The molecule has 1 aliphatic carbocycles. The first-order chi connectivity index (χ1) is 8.24. The van der Waals surface area contributed by atoms with Crippen LogP contribution >= 0.6 is 0 Å². The highest BCUT2D eigenvalue weighted by atomic mass is 16.5. The number of nitrogens with two attached hydrogens (primary N) is 1. The van der Waals surface area contributed by atoms with E-state index in [2.05, 4.69) is 16.8 Å². The molecule has 2 N–H and O–H groups in total. The minimum absolute atomic E-state index is 0.488. The largest absolute Gasteiger partial charge is 0.396 e. The van der Waals surface area contributed by atoms with Gasteiger partial charge >= 0.3 is 0 Å². The molecule has 1 aromatic heterocycles. The highest BCUT2D eigenvalue weighted by Gasteiger charge is 2.33. The monoisotopic (exact) mass is 235 g/mol. The van der Waals surface area contributed by atoms with Crippen molar-refractivity contribution in [1.29, 1.82) is 0 Å². The van der Waals surface area contributed by atoms with Gasteiger partial charge in [-0.05, 0) is 37.8 Å². The quantitative estimate of drug-likeness (QED) is 0.818. The van der Waals surface area contributed by atoms with Gasteiger partial charge in [-0.3, -0.25) is 0 Å². The zero-order chi connectivity index (χ0) is 12.3. The minimum atomic E-state index is 0.488. The normalized spacial score (nSPS) is 16.8. The third-order valence-corrected chi connectivity index (χ3v) is 3.42. The molecule has 1 fully saturated rings. The van der Waals surface area contributed by atoms with Crippen LogP contribution in [0, 0.1) is 5.92 Å². The molecular formula is C13H21N3O. The summed E-state index contributed by atoms with van der Waals surface area (Å²) in [4.78, 5) is 6.68. The van der Waals surface area contributed by atoms with Crippen molar-refractivity contribution in [3.05, 3.63) is 18.3 Å². The van der Waals surface area contributed by atoms with E-state index in [-0.39, 0.29) is 0 Å². The van der Waals surface area contributed by atoms with Crippen LogP contribution in [0.4, 0.5) is 11.5 Å². The summed E-state index contributed by atoms with van der Waals surface area (Å²) in [5.74, 6) is 1.68. The molecule has 0 radical (unpaired) electrons. The Kier molecular flexibility index (Phi) is 3.84. The lowest BCUT2D eigenvalue weighted by atomic mass is 10.1. The Labute approximate surface area is 103 Å². The third-order valence-electron chi connectivity index (χ3n) is 3.42. The predicted molar refractivity (Wildman–Crippen MR) is 70.1 cm³/mol. The van der Waals surface area contributed by atoms with Crippen molar-refractivity contribution in [2.45, 2.75) is 25.8 Å². The Morgan fingerprint density at radius 2 is 2.35 bits per heavy atom. The molecule has 0 aromatic carbocycles. The summed E-state index contributed by atoms with van der Waals surface area (Å²) in [5, 5.41) is 0. The molecule has 1 atom stereocenters. The van der Waals surface area contributed by atoms with Gasteiger partial charge in [-0.15, -0.1) is 0 Å². The van der Waals surface area contributed by atoms with Gasteiger partial charge in [0.05, 0.1) is 12.3 Å². The van der Waals surface area contributed by atoms with Crippen molar-refractivity contribution < 1.29 is 4.74 Å². The van der Waals surface area contributed by atoms with E-state index in [0.717, 1.165) is 24.0 Å². The lowest BCUT2D eigenvalue weighted by molar-refractivity contribution is 0.202. The van der Waals surface area contributed by atoms with Crippen molar-refractivity contribution in [2.75, 3.05) is 30.9 Å². The Bertz CT molecular complexity index is 365. The molecule has 17 heavy (non-hydrogen) atoms. The van der Waals surface area contributed by atoms with Gasteiger partial charge < -0.3 is 15.4 Å². The van der Waals surface area contributed by atoms with Gasteiger partial charge in [0, 0.05) is 25.9 Å². The van der Waals surface area contributed by atoms with Gasteiger partial charge in [0.2, 0.25) is 0 Å². The van der Waals surface area contributed by atoms with E-state index in [4.69, 9.17) is 10.5 Å². The molecular weight excluding hydrogens is 214 g/mol. The maximum atomic E-state index is 6.01. The number of nitrogen functional groups attached to an aromatic ring is 1. The Morgan fingerprint density at radius 1 is 1.59 bits per heavy atom. The highest BCUT2D eigenvalue weighted by molar-refractivity contribution is 5.62. The number of hydrogen-bond acceptors (Lipinski definition) is 4. The van der Waals surface area contributed by atoms with E-state index >= 15 is 0 Å². The van der Waals surface area contributed by atoms with Crippen molar-refractivity contribution in [3.8, 4) is 0 Å². The number of aromatic nitrogens is 1. The van der Waals surface area contributed by atoms with E-state index < -0.39 is 0 Å². The Morgan fingerprint density at radius 3 is 2.94 bits per heavy atom. The molecule has 2 rings (SSSR count). The summed E-state index contributed by atoms with van der Waals surface area (Å²) in [6.07, 6.45) is 4.43. The summed E-state index contributed by atoms with van der Waals surface area (Å²) in [6, 6.07) is 4.26. The van der Waals surface area contributed by atoms with Gasteiger partial charge in [-0.1, -0.05) is 0 Å². The minimum Gasteiger partial charge on any atom is -0.396 e.